The van der Waals surface area contributed by atoms with Crippen molar-refractivity contribution in [2.75, 3.05) is 13.2 Å². The van der Waals surface area contributed by atoms with Gasteiger partial charge in [0.1, 0.15) is 0 Å². The summed E-state index contributed by atoms with van der Waals surface area (Å²) in [6.07, 6.45) is 2.15. The summed E-state index contributed by atoms with van der Waals surface area (Å²) in [6.45, 7) is 6.55. The summed E-state index contributed by atoms with van der Waals surface area (Å²) in [6, 6.07) is 5.09. The van der Waals surface area contributed by atoms with Crippen molar-refractivity contribution < 1.29 is 13.9 Å². The van der Waals surface area contributed by atoms with Crippen LogP contribution in [-0.2, 0) is 4.79 Å². The van der Waals surface area contributed by atoms with Crippen LogP contribution in [0.15, 0.2) is 18.2 Å². The van der Waals surface area contributed by atoms with Crippen LogP contribution in [0.25, 0.3) is 0 Å². The molecule has 0 heterocycles. The van der Waals surface area contributed by atoms with Crippen LogP contribution < -0.4 is 15.8 Å². The molecular weight excluding hydrogens is 271 g/mol. The third-order valence-corrected chi connectivity index (χ3v) is 3.60. The highest BCUT2D eigenvalue weighted by Gasteiger charge is 2.28. The Kier molecular flexibility index (Phi) is 6.62. The van der Waals surface area contributed by atoms with Gasteiger partial charge < -0.3 is 15.8 Å². The number of nitrogens with two attached hydrogens (primary N) is 1. The molecule has 0 aliphatic carbocycles. The number of rotatable bonds is 9. The van der Waals surface area contributed by atoms with Crippen LogP contribution in [0.3, 0.4) is 0 Å². The van der Waals surface area contributed by atoms with Crippen molar-refractivity contribution in [3.63, 3.8) is 0 Å². The Hall–Kier alpha value is -1.62. The van der Waals surface area contributed by atoms with E-state index in [1.165, 1.54) is 0 Å². The van der Waals surface area contributed by atoms with Gasteiger partial charge in [0.2, 0.25) is 5.91 Å². The first-order valence-electron chi connectivity index (χ1n) is 7.33. The predicted molar refractivity (Wildman–Crippen MR) is 81.8 cm³/mol. The number of likely N-dealkylation sites (N-methyl/N-ethyl adjacent to an activating group) is 1. The van der Waals surface area contributed by atoms with Gasteiger partial charge in [0.15, 0.2) is 11.6 Å². The average molecular weight is 296 g/mol. The molecule has 0 radical (unpaired) electrons. The fraction of sp³-hybridized carbons (Fsp3) is 0.562. The Morgan fingerprint density at radius 3 is 2.76 bits per heavy atom. The topological polar surface area (TPSA) is 64.3 Å². The molecule has 0 aromatic heterocycles. The van der Waals surface area contributed by atoms with E-state index in [-0.39, 0.29) is 17.5 Å². The fourth-order valence-corrected chi connectivity index (χ4v) is 2.18. The molecule has 0 aliphatic rings. The molecule has 21 heavy (non-hydrogen) atoms. The molecule has 0 saturated carbocycles. The van der Waals surface area contributed by atoms with Crippen LogP contribution in [0, 0.1) is 12.7 Å². The summed E-state index contributed by atoms with van der Waals surface area (Å²) in [5.74, 6) is -0.388. The summed E-state index contributed by atoms with van der Waals surface area (Å²) >= 11 is 0. The zero-order valence-corrected chi connectivity index (χ0v) is 13.0. The molecule has 1 aromatic rings. The summed E-state index contributed by atoms with van der Waals surface area (Å²) in [5, 5.41) is 3.11. The molecule has 0 saturated heterocycles. The molecule has 0 aliphatic heterocycles. The maximum atomic E-state index is 13.7. The first kappa shape index (κ1) is 17.4. The second kappa shape index (κ2) is 7.98. The molecule has 3 N–H and O–H groups in total. The number of carbonyl (C=O) groups excluding carboxylic acids is 1. The van der Waals surface area contributed by atoms with Crippen LogP contribution in [0.1, 0.15) is 38.7 Å². The number of amides is 1. The predicted octanol–water partition coefficient (Wildman–Crippen LogP) is 2.54. The molecule has 0 spiro atoms. The average Bonchev–Trinajstić information content (AvgIpc) is 2.43. The van der Waals surface area contributed by atoms with Gasteiger partial charge in [-0.3, -0.25) is 4.79 Å². The number of halogens is 1. The number of primary amides is 1. The molecule has 1 amide bonds. The zero-order valence-electron chi connectivity index (χ0n) is 13.0. The van der Waals surface area contributed by atoms with Gasteiger partial charge >= 0.3 is 0 Å². The molecule has 1 atom stereocenters. The van der Waals surface area contributed by atoms with Crippen LogP contribution >= 0.6 is 0 Å². The van der Waals surface area contributed by atoms with Gasteiger partial charge in [0, 0.05) is 0 Å². The SMILES string of the molecule is CCNC(C)(CCCCOc1cccc(C)c1F)C(N)=O. The molecule has 0 bridgehead atoms. The minimum atomic E-state index is -0.691. The second-order valence-electron chi connectivity index (χ2n) is 5.42. The van der Waals surface area contributed by atoms with Crippen molar-refractivity contribution in [1.82, 2.24) is 5.32 Å². The number of nitrogens with one attached hydrogen (secondary N) is 1. The number of ether oxygens (including phenoxy) is 1. The van der Waals surface area contributed by atoms with E-state index in [1.54, 1.807) is 32.0 Å². The molecule has 1 aromatic carbocycles. The van der Waals surface area contributed by atoms with E-state index in [0.717, 1.165) is 12.8 Å². The van der Waals surface area contributed by atoms with Gasteiger partial charge in [-0.25, -0.2) is 4.39 Å². The third kappa shape index (κ3) is 5.01. The smallest absolute Gasteiger partial charge is 0.237 e. The van der Waals surface area contributed by atoms with Crippen molar-refractivity contribution in [2.24, 2.45) is 5.73 Å². The second-order valence-corrected chi connectivity index (χ2v) is 5.42. The summed E-state index contributed by atoms with van der Waals surface area (Å²) < 4.78 is 19.2. The van der Waals surface area contributed by atoms with Crippen molar-refractivity contribution in [3.8, 4) is 5.75 Å². The van der Waals surface area contributed by atoms with E-state index in [1.807, 2.05) is 6.92 Å². The molecule has 4 nitrogen and oxygen atoms in total. The Morgan fingerprint density at radius 1 is 1.43 bits per heavy atom. The lowest BCUT2D eigenvalue weighted by Gasteiger charge is -2.26. The minimum Gasteiger partial charge on any atom is -0.491 e. The number of aryl methyl sites for hydroxylation is 1. The van der Waals surface area contributed by atoms with Crippen molar-refractivity contribution in [3.05, 3.63) is 29.6 Å². The summed E-state index contributed by atoms with van der Waals surface area (Å²) in [7, 11) is 0. The van der Waals surface area contributed by atoms with E-state index in [0.29, 0.717) is 25.1 Å². The highest BCUT2D eigenvalue weighted by Crippen LogP contribution is 2.20. The quantitative estimate of drug-likeness (QED) is 0.688. The zero-order chi connectivity index (χ0) is 15.9. The molecule has 118 valence electrons. The Balaban J connectivity index is 2.37. The van der Waals surface area contributed by atoms with Crippen LogP contribution in [0.5, 0.6) is 5.75 Å². The maximum absolute atomic E-state index is 13.7. The third-order valence-electron chi connectivity index (χ3n) is 3.60. The normalized spacial score (nSPS) is 13.7. The highest BCUT2D eigenvalue weighted by atomic mass is 19.1. The van der Waals surface area contributed by atoms with Gasteiger partial charge in [0.05, 0.1) is 12.1 Å². The maximum Gasteiger partial charge on any atom is 0.237 e. The van der Waals surface area contributed by atoms with Gasteiger partial charge in [0.25, 0.3) is 0 Å². The van der Waals surface area contributed by atoms with E-state index in [4.69, 9.17) is 10.5 Å². The number of benzene rings is 1. The van der Waals surface area contributed by atoms with Crippen LogP contribution in [-0.4, -0.2) is 24.6 Å². The first-order valence-corrected chi connectivity index (χ1v) is 7.33. The molecular formula is C16H25FN2O2. The monoisotopic (exact) mass is 296 g/mol. The molecule has 5 heteroatoms. The lowest BCUT2D eigenvalue weighted by Crippen LogP contribution is -2.53. The minimum absolute atomic E-state index is 0.277. The van der Waals surface area contributed by atoms with Crippen LogP contribution in [0.2, 0.25) is 0 Å². The summed E-state index contributed by atoms with van der Waals surface area (Å²) in [4.78, 5) is 11.5. The van der Waals surface area contributed by atoms with Gasteiger partial charge in [-0.2, -0.15) is 0 Å². The van der Waals surface area contributed by atoms with Crippen LogP contribution in [0.4, 0.5) is 4.39 Å². The number of carbonyl (C=O) groups is 1. The highest BCUT2D eigenvalue weighted by molar-refractivity contribution is 5.84. The Bertz CT molecular complexity index is 479. The number of unbranched alkanes of at least 4 members (excludes halogenated alkanes) is 1. The lowest BCUT2D eigenvalue weighted by molar-refractivity contribution is -0.124. The number of hydrogen-bond acceptors (Lipinski definition) is 3. The standard InChI is InChI=1S/C16H25FN2O2/c1-4-19-16(3,15(18)20)10-5-6-11-21-13-9-7-8-12(2)14(13)17/h7-9,19H,4-6,10-11H2,1-3H3,(H2,18,20). The number of hydrogen-bond donors (Lipinski definition) is 2. The van der Waals surface area contributed by atoms with Crippen molar-refractivity contribution in [1.29, 1.82) is 0 Å². The molecule has 1 rings (SSSR count). The fourth-order valence-electron chi connectivity index (χ4n) is 2.18. The van der Waals surface area contributed by atoms with E-state index in [2.05, 4.69) is 5.32 Å². The van der Waals surface area contributed by atoms with Crippen molar-refractivity contribution >= 4 is 5.91 Å². The van der Waals surface area contributed by atoms with E-state index < -0.39 is 5.54 Å². The van der Waals surface area contributed by atoms with Gasteiger partial charge in [-0.15, -0.1) is 0 Å². The molecule has 0 fully saturated rings. The molecule has 1 unspecified atom stereocenters. The van der Waals surface area contributed by atoms with Gasteiger partial charge in [-0.1, -0.05) is 19.1 Å². The van der Waals surface area contributed by atoms with E-state index >= 15 is 0 Å². The Labute approximate surface area is 125 Å². The van der Waals surface area contributed by atoms with Crippen molar-refractivity contribution in [2.45, 2.75) is 45.6 Å². The first-order chi connectivity index (χ1) is 9.90. The summed E-state index contributed by atoms with van der Waals surface area (Å²) in [5.41, 5.74) is 5.30. The Morgan fingerprint density at radius 2 is 2.14 bits per heavy atom. The lowest BCUT2D eigenvalue weighted by atomic mass is 9.94. The largest absolute Gasteiger partial charge is 0.491 e. The van der Waals surface area contributed by atoms with Gasteiger partial charge in [-0.05, 0) is 51.3 Å². The van der Waals surface area contributed by atoms with E-state index in [9.17, 15) is 9.18 Å².